The summed E-state index contributed by atoms with van der Waals surface area (Å²) < 4.78 is 5.05. The zero-order valence-corrected chi connectivity index (χ0v) is 14.6. The Balaban J connectivity index is 1.95. The van der Waals surface area contributed by atoms with E-state index < -0.39 is 15.9 Å². The smallest absolute Gasteiger partial charge is 0.365 e. The van der Waals surface area contributed by atoms with Crippen molar-refractivity contribution < 1.29 is 14.5 Å². The number of nitro benzene ring substituents is 1. The summed E-state index contributed by atoms with van der Waals surface area (Å²) in [6.45, 7) is 3.91. The second-order valence-corrected chi connectivity index (χ2v) is 6.82. The van der Waals surface area contributed by atoms with E-state index in [0.717, 1.165) is 12.1 Å². The average Bonchev–Trinajstić information content (AvgIpc) is 2.97. The Kier molecular flexibility index (Phi) is 4.62. The molecule has 1 spiro atoms. The molecule has 0 amide bonds. The van der Waals surface area contributed by atoms with Crippen molar-refractivity contribution in [3.8, 4) is 0 Å². The van der Waals surface area contributed by atoms with Crippen LogP contribution in [-0.2, 0) is 9.53 Å². The number of nitro groups is 1. The van der Waals surface area contributed by atoms with Crippen LogP contribution >= 0.6 is 11.8 Å². The van der Waals surface area contributed by atoms with Crippen molar-refractivity contribution >= 4 is 39.9 Å². The molecule has 1 unspecified atom stereocenters. The molecular weight excluding hydrogens is 346 g/mol. The van der Waals surface area contributed by atoms with Crippen LogP contribution in [0.5, 0.6) is 0 Å². The molecule has 1 N–H and O–H groups in total. The highest BCUT2D eigenvalue weighted by molar-refractivity contribution is 8.17. The van der Waals surface area contributed by atoms with Crippen LogP contribution in [-0.4, -0.2) is 33.2 Å². The van der Waals surface area contributed by atoms with Crippen LogP contribution in [0.1, 0.15) is 26.7 Å². The van der Waals surface area contributed by atoms with Gasteiger partial charge in [0, 0.05) is 24.3 Å². The minimum absolute atomic E-state index is 0.00952. The van der Waals surface area contributed by atoms with Crippen molar-refractivity contribution in [3.63, 3.8) is 0 Å². The Morgan fingerprint density at radius 3 is 2.76 bits per heavy atom. The van der Waals surface area contributed by atoms with Crippen molar-refractivity contribution in [2.24, 2.45) is 10.2 Å². The van der Waals surface area contributed by atoms with Crippen LogP contribution in [0, 0.1) is 10.1 Å². The SMILES string of the molecule is CCOC(=O)C1=NN(c2ccc([N+](=O)[O-])cc2)C2(CCC(C)=NN2)S1. The van der Waals surface area contributed by atoms with E-state index in [1.54, 1.807) is 24.1 Å². The van der Waals surface area contributed by atoms with Crippen molar-refractivity contribution in [1.29, 1.82) is 0 Å². The lowest BCUT2D eigenvalue weighted by Crippen LogP contribution is -2.52. The molecule has 3 rings (SSSR count). The molecule has 10 heteroatoms. The number of thioether (sulfide) groups is 1. The van der Waals surface area contributed by atoms with Gasteiger partial charge in [0.05, 0.1) is 17.2 Å². The first-order chi connectivity index (χ1) is 11.9. The molecule has 0 saturated carbocycles. The summed E-state index contributed by atoms with van der Waals surface area (Å²) in [6.07, 6.45) is 1.41. The van der Waals surface area contributed by atoms with Crippen LogP contribution in [0.3, 0.4) is 0 Å². The molecule has 9 nitrogen and oxygen atoms in total. The number of nitrogens with one attached hydrogen (secondary N) is 1. The predicted octanol–water partition coefficient (Wildman–Crippen LogP) is 2.44. The number of carbonyl (C=O) groups is 1. The highest BCUT2D eigenvalue weighted by atomic mass is 32.2. The number of hydrogen-bond acceptors (Lipinski definition) is 9. The molecule has 2 aliphatic heterocycles. The lowest BCUT2D eigenvalue weighted by Gasteiger charge is -2.38. The number of nitrogens with zero attached hydrogens (tertiary/aromatic N) is 4. The van der Waals surface area contributed by atoms with Gasteiger partial charge in [-0.1, -0.05) is 0 Å². The van der Waals surface area contributed by atoms with E-state index in [9.17, 15) is 14.9 Å². The third-order valence-electron chi connectivity index (χ3n) is 3.80. The zero-order valence-electron chi connectivity index (χ0n) is 13.8. The zero-order chi connectivity index (χ0) is 18.0. The quantitative estimate of drug-likeness (QED) is 0.497. The van der Waals surface area contributed by atoms with Gasteiger partial charge in [0.15, 0.2) is 0 Å². The molecule has 1 aromatic carbocycles. The monoisotopic (exact) mass is 363 g/mol. The number of non-ortho nitro benzene ring substituents is 1. The van der Waals surface area contributed by atoms with Crippen LogP contribution in [0.2, 0.25) is 0 Å². The van der Waals surface area contributed by atoms with Crippen molar-refractivity contribution in [2.45, 2.75) is 31.7 Å². The first kappa shape index (κ1) is 17.2. The van der Waals surface area contributed by atoms with Crippen molar-refractivity contribution in [3.05, 3.63) is 34.4 Å². The summed E-state index contributed by atoms with van der Waals surface area (Å²) in [4.78, 5) is 21.7. The summed E-state index contributed by atoms with van der Waals surface area (Å²) in [5.74, 6) is -0.496. The van der Waals surface area contributed by atoms with Gasteiger partial charge in [-0.15, -0.1) is 0 Å². The van der Waals surface area contributed by atoms with Gasteiger partial charge in [-0.2, -0.15) is 10.2 Å². The van der Waals surface area contributed by atoms with E-state index in [1.807, 2.05) is 6.92 Å². The Bertz CT molecular complexity index is 764. The maximum Gasteiger partial charge on any atom is 0.365 e. The maximum atomic E-state index is 12.1. The molecule has 132 valence electrons. The van der Waals surface area contributed by atoms with Crippen molar-refractivity contribution in [1.82, 2.24) is 5.43 Å². The average molecular weight is 363 g/mol. The summed E-state index contributed by atoms with van der Waals surface area (Å²) in [5.41, 5.74) is 4.65. The summed E-state index contributed by atoms with van der Waals surface area (Å²) in [5, 5.41) is 21.4. The van der Waals surface area contributed by atoms with E-state index >= 15 is 0 Å². The molecule has 25 heavy (non-hydrogen) atoms. The van der Waals surface area contributed by atoms with Gasteiger partial charge in [-0.3, -0.25) is 15.5 Å². The number of ether oxygens (including phenoxy) is 1. The molecule has 0 radical (unpaired) electrons. The number of anilines is 1. The Morgan fingerprint density at radius 2 is 2.20 bits per heavy atom. The van der Waals surface area contributed by atoms with Gasteiger partial charge >= 0.3 is 5.97 Å². The summed E-state index contributed by atoms with van der Waals surface area (Å²) in [7, 11) is 0. The molecule has 0 aliphatic carbocycles. The Morgan fingerprint density at radius 1 is 1.48 bits per heavy atom. The fraction of sp³-hybridized carbons (Fsp3) is 0.400. The topological polar surface area (TPSA) is 109 Å². The van der Waals surface area contributed by atoms with E-state index in [1.165, 1.54) is 23.9 Å². The second-order valence-electron chi connectivity index (χ2n) is 5.56. The van der Waals surface area contributed by atoms with Gasteiger partial charge in [0.25, 0.3) is 5.69 Å². The normalized spacial score (nSPS) is 22.2. The Labute approximate surface area is 148 Å². The van der Waals surface area contributed by atoms with E-state index in [-0.39, 0.29) is 17.3 Å². The standard InChI is InChI=1S/C15H17N5O4S/c1-3-24-14(21)13-17-19(11-4-6-12(7-5-11)20(22)23)15(25-13)9-8-10(2)16-18-15/h4-7,18H,3,8-9H2,1-2H3. The third kappa shape index (κ3) is 3.29. The maximum absolute atomic E-state index is 12.1. The first-order valence-corrected chi connectivity index (χ1v) is 8.56. The largest absolute Gasteiger partial charge is 0.461 e. The van der Waals surface area contributed by atoms with Gasteiger partial charge in [-0.25, -0.2) is 9.80 Å². The lowest BCUT2D eigenvalue weighted by atomic mass is 10.1. The van der Waals surface area contributed by atoms with Gasteiger partial charge in [0.1, 0.15) is 0 Å². The van der Waals surface area contributed by atoms with Crippen LogP contribution < -0.4 is 10.4 Å². The first-order valence-electron chi connectivity index (χ1n) is 7.75. The van der Waals surface area contributed by atoms with E-state index in [4.69, 9.17) is 4.74 Å². The molecule has 2 heterocycles. The summed E-state index contributed by atoms with van der Waals surface area (Å²) in [6, 6.07) is 6.02. The minimum Gasteiger partial charge on any atom is -0.461 e. The predicted molar refractivity (Wildman–Crippen MR) is 95.4 cm³/mol. The number of hydrazone groups is 2. The van der Waals surface area contributed by atoms with Crippen LogP contribution in [0.4, 0.5) is 11.4 Å². The number of esters is 1. The third-order valence-corrected chi connectivity index (χ3v) is 5.05. The molecule has 0 aromatic heterocycles. The van der Waals surface area contributed by atoms with Gasteiger partial charge in [-0.05, 0) is 44.2 Å². The fourth-order valence-corrected chi connectivity index (χ4v) is 3.64. The van der Waals surface area contributed by atoms with Crippen molar-refractivity contribution in [2.75, 3.05) is 11.6 Å². The van der Waals surface area contributed by atoms with Crippen LogP contribution in [0.15, 0.2) is 34.5 Å². The van der Waals surface area contributed by atoms with E-state index in [2.05, 4.69) is 15.6 Å². The molecule has 0 bridgehead atoms. The number of carbonyl (C=O) groups excluding carboxylic acids is 1. The highest BCUT2D eigenvalue weighted by Crippen LogP contribution is 2.43. The van der Waals surface area contributed by atoms with E-state index in [0.29, 0.717) is 12.1 Å². The highest BCUT2D eigenvalue weighted by Gasteiger charge is 2.48. The van der Waals surface area contributed by atoms with Crippen LogP contribution in [0.25, 0.3) is 0 Å². The second kappa shape index (κ2) is 6.71. The number of hydrogen-bond donors (Lipinski definition) is 1. The molecule has 2 aliphatic rings. The molecule has 0 saturated heterocycles. The number of benzene rings is 1. The fourth-order valence-electron chi connectivity index (χ4n) is 2.52. The van der Waals surface area contributed by atoms with Gasteiger partial charge in [0.2, 0.25) is 10.0 Å². The molecular formula is C15H17N5O4S. The number of rotatable bonds is 4. The molecule has 1 atom stereocenters. The minimum atomic E-state index is -0.752. The lowest BCUT2D eigenvalue weighted by molar-refractivity contribution is -0.384. The molecule has 0 fully saturated rings. The molecule has 1 aromatic rings. The summed E-state index contributed by atoms with van der Waals surface area (Å²) >= 11 is 1.25. The Hall–Kier alpha value is -2.62. The van der Waals surface area contributed by atoms with Gasteiger partial charge < -0.3 is 4.74 Å².